The fourth-order valence-electron chi connectivity index (χ4n) is 1.97. The molecule has 0 saturated carbocycles. The van der Waals surface area contributed by atoms with Crippen molar-refractivity contribution in [2.45, 2.75) is 53.9 Å². The Morgan fingerprint density at radius 2 is 2.00 bits per heavy atom. The molecular weight excluding hydrogens is 407 g/mol. The van der Waals surface area contributed by atoms with E-state index in [0.717, 1.165) is 50.0 Å². The molecule has 6 heteroatoms. The predicted molar refractivity (Wildman–Crippen MR) is 109 cm³/mol. The van der Waals surface area contributed by atoms with Crippen LogP contribution >= 0.6 is 35.3 Å². The molecule has 22 heavy (non-hydrogen) atoms. The van der Waals surface area contributed by atoms with Crippen molar-refractivity contribution in [3.05, 3.63) is 15.6 Å². The highest BCUT2D eigenvalue weighted by molar-refractivity contribution is 14.0. The lowest BCUT2D eigenvalue weighted by Crippen LogP contribution is -2.38. The monoisotopic (exact) mass is 438 g/mol. The van der Waals surface area contributed by atoms with E-state index in [1.165, 1.54) is 16.3 Å². The summed E-state index contributed by atoms with van der Waals surface area (Å²) in [7, 11) is 0. The zero-order chi connectivity index (χ0) is 15.7. The molecule has 1 heterocycles. The molecular formula is C16H31IN4S. The van der Waals surface area contributed by atoms with Crippen LogP contribution in [0.5, 0.6) is 0 Å². The highest BCUT2D eigenvalue weighted by Gasteiger charge is 2.04. The maximum Gasteiger partial charge on any atom is 0.191 e. The van der Waals surface area contributed by atoms with E-state index in [1.807, 2.05) is 0 Å². The van der Waals surface area contributed by atoms with Crippen molar-refractivity contribution in [3.8, 4) is 0 Å². The number of hydrogen-bond donors (Lipinski definition) is 2. The standard InChI is InChI=1S/C16H30N4S.HI/c1-6-17-16(18-10-7-8-12(2)3)19-11-9-15-20-13(4)14(5)21-15;/h12H,6-11H2,1-5H3,(H2,17,18,19);1H. The van der Waals surface area contributed by atoms with Gasteiger partial charge in [0, 0.05) is 30.9 Å². The number of guanidine groups is 1. The van der Waals surface area contributed by atoms with E-state index in [9.17, 15) is 0 Å². The molecule has 0 aliphatic rings. The van der Waals surface area contributed by atoms with Crippen LogP contribution in [0.15, 0.2) is 4.99 Å². The number of rotatable bonds is 8. The summed E-state index contributed by atoms with van der Waals surface area (Å²) in [6, 6.07) is 0. The van der Waals surface area contributed by atoms with Crippen molar-refractivity contribution in [1.82, 2.24) is 15.6 Å². The van der Waals surface area contributed by atoms with E-state index in [1.54, 1.807) is 11.3 Å². The molecule has 4 nitrogen and oxygen atoms in total. The number of aliphatic imine (C=N–C) groups is 1. The topological polar surface area (TPSA) is 49.3 Å². The Morgan fingerprint density at radius 1 is 1.27 bits per heavy atom. The Kier molecular flexibility index (Phi) is 11.9. The van der Waals surface area contributed by atoms with Crippen LogP contribution in [0.3, 0.4) is 0 Å². The summed E-state index contributed by atoms with van der Waals surface area (Å²) in [5.74, 6) is 1.68. The van der Waals surface area contributed by atoms with E-state index in [0.29, 0.717) is 0 Å². The molecule has 0 amide bonds. The Bertz CT molecular complexity index is 424. The summed E-state index contributed by atoms with van der Waals surface area (Å²) in [6.45, 7) is 13.5. The Balaban J connectivity index is 0.00000441. The second-order valence-corrected chi connectivity index (χ2v) is 7.01. The Labute approximate surface area is 156 Å². The molecule has 0 bridgehead atoms. The number of nitrogens with one attached hydrogen (secondary N) is 2. The molecule has 2 N–H and O–H groups in total. The molecule has 0 spiro atoms. The molecule has 0 unspecified atom stereocenters. The van der Waals surface area contributed by atoms with Crippen LogP contribution in [0, 0.1) is 19.8 Å². The van der Waals surface area contributed by atoms with Gasteiger partial charge in [-0.3, -0.25) is 4.99 Å². The lowest BCUT2D eigenvalue weighted by Gasteiger charge is -2.10. The van der Waals surface area contributed by atoms with Gasteiger partial charge in [-0.05, 0) is 39.5 Å². The van der Waals surface area contributed by atoms with Crippen LogP contribution in [-0.2, 0) is 6.42 Å². The highest BCUT2D eigenvalue weighted by Crippen LogP contribution is 2.16. The minimum Gasteiger partial charge on any atom is -0.357 e. The molecule has 0 aromatic carbocycles. The summed E-state index contributed by atoms with van der Waals surface area (Å²) in [5.41, 5.74) is 1.16. The number of nitrogens with zero attached hydrogens (tertiary/aromatic N) is 2. The van der Waals surface area contributed by atoms with Crippen LogP contribution in [0.1, 0.15) is 49.2 Å². The minimum atomic E-state index is 0. The van der Waals surface area contributed by atoms with Crippen LogP contribution in [0.25, 0.3) is 0 Å². The van der Waals surface area contributed by atoms with Gasteiger partial charge in [0.25, 0.3) is 0 Å². The number of aryl methyl sites for hydroxylation is 2. The van der Waals surface area contributed by atoms with Crippen molar-refractivity contribution in [2.24, 2.45) is 10.9 Å². The van der Waals surface area contributed by atoms with Gasteiger partial charge < -0.3 is 10.6 Å². The van der Waals surface area contributed by atoms with Gasteiger partial charge in [-0.15, -0.1) is 35.3 Å². The maximum absolute atomic E-state index is 4.62. The molecule has 0 aliphatic heterocycles. The van der Waals surface area contributed by atoms with Gasteiger partial charge in [0.1, 0.15) is 0 Å². The first-order chi connectivity index (χ1) is 10.0. The van der Waals surface area contributed by atoms with E-state index in [4.69, 9.17) is 0 Å². The molecule has 0 saturated heterocycles. The summed E-state index contributed by atoms with van der Waals surface area (Å²) in [4.78, 5) is 10.5. The number of thiazole rings is 1. The molecule has 128 valence electrons. The molecule has 0 aliphatic carbocycles. The van der Waals surface area contributed by atoms with Crippen LogP contribution in [-0.4, -0.2) is 30.6 Å². The summed E-state index contributed by atoms with van der Waals surface area (Å²) in [6.07, 6.45) is 3.34. The molecule has 0 radical (unpaired) electrons. The summed E-state index contributed by atoms with van der Waals surface area (Å²) < 4.78 is 0. The quantitative estimate of drug-likeness (QED) is 0.280. The van der Waals surface area contributed by atoms with E-state index in [-0.39, 0.29) is 24.0 Å². The molecule has 0 fully saturated rings. The largest absolute Gasteiger partial charge is 0.357 e. The molecule has 1 rings (SSSR count). The van der Waals surface area contributed by atoms with Gasteiger partial charge in [-0.1, -0.05) is 13.8 Å². The van der Waals surface area contributed by atoms with Crippen LogP contribution in [0.2, 0.25) is 0 Å². The third-order valence-corrected chi connectivity index (χ3v) is 4.39. The van der Waals surface area contributed by atoms with Crippen LogP contribution < -0.4 is 10.6 Å². The van der Waals surface area contributed by atoms with Gasteiger partial charge in [0.2, 0.25) is 0 Å². The zero-order valence-corrected chi connectivity index (χ0v) is 17.7. The lowest BCUT2D eigenvalue weighted by molar-refractivity contribution is 0.560. The molecule has 1 aromatic heterocycles. The average Bonchev–Trinajstić information content (AvgIpc) is 2.73. The van der Waals surface area contributed by atoms with E-state index < -0.39 is 0 Å². The third-order valence-electron chi connectivity index (χ3n) is 3.26. The summed E-state index contributed by atoms with van der Waals surface area (Å²) in [5, 5.41) is 7.89. The van der Waals surface area contributed by atoms with E-state index >= 15 is 0 Å². The number of halogens is 1. The van der Waals surface area contributed by atoms with Crippen molar-refractivity contribution < 1.29 is 0 Å². The zero-order valence-electron chi connectivity index (χ0n) is 14.5. The summed E-state index contributed by atoms with van der Waals surface area (Å²) >= 11 is 1.79. The smallest absolute Gasteiger partial charge is 0.191 e. The number of aromatic nitrogens is 1. The first kappa shape index (κ1) is 21.6. The SMILES string of the molecule is CCNC(=NCCCC(C)C)NCCc1nc(C)c(C)s1.I. The van der Waals surface area contributed by atoms with Crippen molar-refractivity contribution in [2.75, 3.05) is 19.6 Å². The molecule has 1 aromatic rings. The first-order valence-corrected chi connectivity index (χ1v) is 8.79. The second-order valence-electron chi connectivity index (χ2n) is 5.72. The second kappa shape index (κ2) is 12.1. The van der Waals surface area contributed by atoms with Crippen LogP contribution in [0.4, 0.5) is 0 Å². The maximum atomic E-state index is 4.62. The first-order valence-electron chi connectivity index (χ1n) is 7.98. The predicted octanol–water partition coefficient (Wildman–Crippen LogP) is 3.91. The van der Waals surface area contributed by atoms with Gasteiger partial charge in [0.05, 0.1) is 10.7 Å². The van der Waals surface area contributed by atoms with Gasteiger partial charge in [-0.25, -0.2) is 4.98 Å². The van der Waals surface area contributed by atoms with Gasteiger partial charge in [-0.2, -0.15) is 0 Å². The van der Waals surface area contributed by atoms with E-state index in [2.05, 4.69) is 55.2 Å². The normalized spacial score (nSPS) is 11.5. The van der Waals surface area contributed by atoms with Crippen molar-refractivity contribution >= 4 is 41.3 Å². The fraction of sp³-hybridized carbons (Fsp3) is 0.750. The average molecular weight is 438 g/mol. The molecule has 0 atom stereocenters. The minimum absolute atomic E-state index is 0. The third kappa shape index (κ3) is 8.92. The van der Waals surface area contributed by atoms with Crippen molar-refractivity contribution in [3.63, 3.8) is 0 Å². The Morgan fingerprint density at radius 3 is 2.55 bits per heavy atom. The Hall–Kier alpha value is -0.370. The lowest BCUT2D eigenvalue weighted by atomic mass is 10.1. The van der Waals surface area contributed by atoms with Crippen molar-refractivity contribution in [1.29, 1.82) is 0 Å². The van der Waals surface area contributed by atoms with Gasteiger partial charge >= 0.3 is 0 Å². The fourth-order valence-corrected chi connectivity index (χ4v) is 2.90. The highest BCUT2D eigenvalue weighted by atomic mass is 127. The van der Waals surface area contributed by atoms with Gasteiger partial charge in [0.15, 0.2) is 5.96 Å². The number of hydrogen-bond acceptors (Lipinski definition) is 3.